The lowest BCUT2D eigenvalue weighted by atomic mass is 9.93. The number of aryl methyl sites for hydroxylation is 2. The molecule has 1 aromatic heterocycles. The first kappa shape index (κ1) is 23.1. The van der Waals surface area contributed by atoms with Crippen molar-refractivity contribution in [3.63, 3.8) is 0 Å². The molecule has 1 atom stereocenters. The first-order chi connectivity index (χ1) is 17.0. The van der Waals surface area contributed by atoms with Crippen LogP contribution in [0.25, 0.3) is 22.5 Å². The summed E-state index contributed by atoms with van der Waals surface area (Å²) < 4.78 is 5.66. The van der Waals surface area contributed by atoms with Crippen LogP contribution < -0.4 is 0 Å². The quantitative estimate of drug-likeness (QED) is 0.317. The normalized spacial score (nSPS) is 15.0. The summed E-state index contributed by atoms with van der Waals surface area (Å²) in [6.45, 7) is 1.91. The Balaban J connectivity index is 1.29. The maximum atomic E-state index is 11.6. The van der Waals surface area contributed by atoms with Gasteiger partial charge in [-0.2, -0.15) is 0 Å². The zero-order valence-corrected chi connectivity index (χ0v) is 19.8. The fourth-order valence-corrected chi connectivity index (χ4v) is 4.72. The predicted molar refractivity (Wildman–Crippen MR) is 135 cm³/mol. The van der Waals surface area contributed by atoms with Crippen molar-refractivity contribution in [1.29, 1.82) is 0 Å². The van der Waals surface area contributed by atoms with E-state index in [1.54, 1.807) is 0 Å². The van der Waals surface area contributed by atoms with E-state index in [4.69, 9.17) is 4.52 Å². The van der Waals surface area contributed by atoms with Gasteiger partial charge >= 0.3 is 5.97 Å². The van der Waals surface area contributed by atoms with Gasteiger partial charge in [-0.05, 0) is 54.9 Å². The van der Waals surface area contributed by atoms with Gasteiger partial charge in [0.25, 0.3) is 0 Å². The van der Waals surface area contributed by atoms with Gasteiger partial charge in [-0.25, -0.2) is 0 Å². The minimum atomic E-state index is -0.738. The number of aliphatic hydroxyl groups is 1. The highest BCUT2D eigenvalue weighted by Crippen LogP contribution is 2.48. The average molecular weight is 468 g/mol. The molecule has 1 aliphatic rings. The minimum absolute atomic E-state index is 0.481. The summed E-state index contributed by atoms with van der Waals surface area (Å²) in [5.41, 5.74) is 6.13. The molecular formula is C30H29NO4. The third-order valence-electron chi connectivity index (χ3n) is 7.11. The smallest absolute Gasteiger partial charge is 0.314 e. The largest absolute Gasteiger partial charge is 0.481 e. The third-order valence-corrected chi connectivity index (χ3v) is 7.11. The number of aromatic nitrogens is 1. The lowest BCUT2D eigenvalue weighted by molar-refractivity contribution is -0.140. The van der Waals surface area contributed by atoms with E-state index >= 15 is 0 Å². The van der Waals surface area contributed by atoms with Crippen LogP contribution in [0.2, 0.25) is 0 Å². The molecule has 0 saturated heterocycles. The summed E-state index contributed by atoms with van der Waals surface area (Å²) in [5, 5.41) is 24.4. The molecule has 0 bridgehead atoms. The Morgan fingerprint density at radius 3 is 2.14 bits per heavy atom. The van der Waals surface area contributed by atoms with Crippen LogP contribution in [0.15, 0.2) is 83.4 Å². The first-order valence-corrected chi connectivity index (χ1v) is 12.1. The van der Waals surface area contributed by atoms with Gasteiger partial charge in [0.05, 0.1) is 17.2 Å². The molecule has 1 fully saturated rings. The molecule has 0 spiro atoms. The van der Waals surface area contributed by atoms with Crippen molar-refractivity contribution in [2.75, 3.05) is 0 Å². The molecule has 3 aromatic carbocycles. The molecule has 5 nitrogen and oxygen atoms in total. The van der Waals surface area contributed by atoms with Crippen LogP contribution in [-0.4, -0.2) is 27.4 Å². The molecule has 1 heterocycles. The maximum absolute atomic E-state index is 11.6. The molecule has 0 radical (unpaired) electrons. The highest BCUT2D eigenvalue weighted by Gasteiger charge is 2.51. The number of benzene rings is 3. The standard InChI is InChI=1S/C30H29NO4/c1-20-27(19-26(32)16-7-21-5-3-2-4-6-21)28(35-31-20)24-10-8-22(9-11-24)23-12-14-25(15-13-23)30(17-18-30)29(33)34/h2-6,8-15,26,32H,7,16-19H2,1H3,(H,33,34). The summed E-state index contributed by atoms with van der Waals surface area (Å²) in [5.74, 6) is -0.0433. The van der Waals surface area contributed by atoms with E-state index in [2.05, 4.69) is 17.3 Å². The minimum Gasteiger partial charge on any atom is -0.481 e. The number of carboxylic acid groups (broad SMARTS) is 1. The molecular weight excluding hydrogens is 438 g/mol. The molecule has 0 amide bonds. The van der Waals surface area contributed by atoms with Crippen molar-refractivity contribution in [1.82, 2.24) is 5.16 Å². The fourth-order valence-electron chi connectivity index (χ4n) is 4.72. The van der Waals surface area contributed by atoms with E-state index < -0.39 is 17.5 Å². The Kier molecular flexibility index (Phi) is 6.27. The Bertz CT molecular complexity index is 1300. The molecule has 178 valence electrons. The van der Waals surface area contributed by atoms with Crippen LogP contribution in [0.5, 0.6) is 0 Å². The summed E-state index contributed by atoms with van der Waals surface area (Å²) >= 11 is 0. The van der Waals surface area contributed by atoms with E-state index in [1.165, 1.54) is 5.56 Å². The number of aliphatic carboxylic acids is 1. The lowest BCUT2D eigenvalue weighted by Crippen LogP contribution is -2.19. The maximum Gasteiger partial charge on any atom is 0.314 e. The molecule has 5 rings (SSSR count). The predicted octanol–water partition coefficient (Wildman–Crippen LogP) is 5.97. The Hall–Kier alpha value is -3.70. The molecule has 1 saturated carbocycles. The molecule has 4 aromatic rings. The highest BCUT2D eigenvalue weighted by molar-refractivity contribution is 5.85. The number of rotatable bonds is 9. The number of hydrogen-bond donors (Lipinski definition) is 2. The SMILES string of the molecule is Cc1noc(-c2ccc(-c3ccc(C4(C(=O)O)CC4)cc3)cc2)c1CC(O)CCc1ccccc1. The molecule has 2 N–H and O–H groups in total. The topological polar surface area (TPSA) is 83.6 Å². The van der Waals surface area contributed by atoms with Crippen LogP contribution in [0.4, 0.5) is 0 Å². The molecule has 35 heavy (non-hydrogen) atoms. The summed E-state index contributed by atoms with van der Waals surface area (Å²) in [6.07, 6.45) is 2.92. The van der Waals surface area contributed by atoms with E-state index in [9.17, 15) is 15.0 Å². The Morgan fingerprint density at radius 1 is 0.943 bits per heavy atom. The van der Waals surface area contributed by atoms with Crippen LogP contribution in [0.1, 0.15) is 41.6 Å². The number of carbonyl (C=O) groups is 1. The van der Waals surface area contributed by atoms with Gasteiger partial charge in [-0.15, -0.1) is 0 Å². The van der Waals surface area contributed by atoms with Gasteiger partial charge in [0.15, 0.2) is 5.76 Å². The number of nitrogens with zero attached hydrogens (tertiary/aromatic N) is 1. The summed E-state index contributed by atoms with van der Waals surface area (Å²) in [7, 11) is 0. The van der Waals surface area contributed by atoms with Gasteiger partial charge in [0, 0.05) is 17.5 Å². The second-order valence-electron chi connectivity index (χ2n) is 9.50. The molecule has 1 unspecified atom stereocenters. The van der Waals surface area contributed by atoms with E-state index in [0.717, 1.165) is 39.9 Å². The molecule has 5 heteroatoms. The van der Waals surface area contributed by atoms with Gasteiger partial charge < -0.3 is 14.7 Å². The zero-order valence-electron chi connectivity index (χ0n) is 19.8. The Labute approximate surface area is 205 Å². The van der Waals surface area contributed by atoms with Crippen LogP contribution in [0.3, 0.4) is 0 Å². The van der Waals surface area contributed by atoms with Crippen molar-refractivity contribution in [3.05, 3.63) is 101 Å². The lowest BCUT2D eigenvalue weighted by Gasteiger charge is -2.12. The van der Waals surface area contributed by atoms with Crippen molar-refractivity contribution >= 4 is 5.97 Å². The van der Waals surface area contributed by atoms with E-state index in [0.29, 0.717) is 31.4 Å². The van der Waals surface area contributed by atoms with Crippen molar-refractivity contribution in [2.24, 2.45) is 0 Å². The second-order valence-corrected chi connectivity index (χ2v) is 9.50. The fraction of sp³-hybridized carbons (Fsp3) is 0.267. The van der Waals surface area contributed by atoms with Crippen LogP contribution in [0, 0.1) is 6.92 Å². The molecule has 0 aliphatic heterocycles. The van der Waals surface area contributed by atoms with E-state index in [-0.39, 0.29) is 0 Å². The van der Waals surface area contributed by atoms with Gasteiger partial charge in [-0.3, -0.25) is 4.79 Å². The van der Waals surface area contributed by atoms with Crippen LogP contribution in [-0.2, 0) is 23.1 Å². The van der Waals surface area contributed by atoms with Crippen molar-refractivity contribution < 1.29 is 19.5 Å². The highest BCUT2D eigenvalue weighted by atomic mass is 16.5. The number of carboxylic acids is 1. The Morgan fingerprint density at radius 2 is 1.54 bits per heavy atom. The summed E-state index contributed by atoms with van der Waals surface area (Å²) in [4.78, 5) is 11.6. The van der Waals surface area contributed by atoms with Gasteiger partial charge in [0.2, 0.25) is 0 Å². The monoisotopic (exact) mass is 467 g/mol. The van der Waals surface area contributed by atoms with Crippen molar-refractivity contribution in [3.8, 4) is 22.5 Å². The molecule has 1 aliphatic carbocycles. The van der Waals surface area contributed by atoms with Crippen molar-refractivity contribution in [2.45, 2.75) is 50.5 Å². The van der Waals surface area contributed by atoms with Gasteiger partial charge in [-0.1, -0.05) is 84.0 Å². The first-order valence-electron chi connectivity index (χ1n) is 12.1. The average Bonchev–Trinajstić information content (AvgIpc) is 3.63. The van der Waals surface area contributed by atoms with Crippen LogP contribution >= 0.6 is 0 Å². The number of hydrogen-bond acceptors (Lipinski definition) is 4. The zero-order chi connectivity index (χ0) is 24.4. The summed E-state index contributed by atoms with van der Waals surface area (Å²) in [6, 6.07) is 26.1. The number of aliphatic hydroxyl groups excluding tert-OH is 1. The van der Waals surface area contributed by atoms with Gasteiger partial charge in [0.1, 0.15) is 0 Å². The second kappa shape index (κ2) is 9.51. The van der Waals surface area contributed by atoms with E-state index in [1.807, 2.05) is 73.7 Å². The third kappa shape index (κ3) is 4.77.